The lowest BCUT2D eigenvalue weighted by Crippen LogP contribution is -2.31. The first kappa shape index (κ1) is 23.1. The Labute approximate surface area is 144 Å². The topological polar surface area (TPSA) is 107 Å². The normalized spacial score (nSPS) is 13.6. The molecule has 0 fully saturated rings. The average Bonchev–Trinajstić information content (AvgIpc) is 2.45. The van der Waals surface area contributed by atoms with Crippen molar-refractivity contribution in [2.45, 2.75) is 71.0 Å². The minimum atomic E-state index is -4.64. The van der Waals surface area contributed by atoms with Crippen LogP contribution < -0.4 is 4.74 Å². The van der Waals surface area contributed by atoms with Crippen LogP contribution in [0.1, 0.15) is 65.2 Å². The Morgan fingerprint density at radius 1 is 0.958 bits per heavy atom. The summed E-state index contributed by atoms with van der Waals surface area (Å²) in [5, 5.41) is 10.2. The summed E-state index contributed by atoms with van der Waals surface area (Å²) in [7, 11) is -4.64. The van der Waals surface area contributed by atoms with Gasteiger partial charge in [0.1, 0.15) is 5.75 Å². The first-order valence-corrected chi connectivity index (χ1v) is 9.95. The molecule has 0 aliphatic rings. The molecular formula is C17H31O6P. The van der Waals surface area contributed by atoms with E-state index in [2.05, 4.69) is 6.92 Å². The fourth-order valence-electron chi connectivity index (χ4n) is 2.20. The van der Waals surface area contributed by atoms with Gasteiger partial charge in [0.15, 0.2) is 0 Å². The summed E-state index contributed by atoms with van der Waals surface area (Å²) >= 11 is 0. The van der Waals surface area contributed by atoms with Crippen molar-refractivity contribution in [3.05, 3.63) is 30.3 Å². The highest BCUT2D eigenvalue weighted by Crippen LogP contribution is 2.25. The molecule has 0 saturated carbocycles. The molecule has 24 heavy (non-hydrogen) atoms. The predicted octanol–water partition coefficient (Wildman–Crippen LogP) is 3.99. The first-order chi connectivity index (χ1) is 11.1. The van der Waals surface area contributed by atoms with Crippen LogP contribution in [-0.4, -0.2) is 25.6 Å². The van der Waals surface area contributed by atoms with Crippen LogP contribution in [0.4, 0.5) is 0 Å². The molecule has 0 amide bonds. The lowest BCUT2D eigenvalue weighted by molar-refractivity contribution is -0.127. The number of phosphoric acid groups is 1. The van der Waals surface area contributed by atoms with Crippen LogP contribution in [0.15, 0.2) is 30.3 Å². The van der Waals surface area contributed by atoms with E-state index >= 15 is 0 Å². The van der Waals surface area contributed by atoms with Crippen LogP contribution in [0.2, 0.25) is 0 Å². The molecule has 7 heteroatoms. The van der Waals surface area contributed by atoms with E-state index in [1.54, 1.807) is 6.92 Å². The zero-order valence-corrected chi connectivity index (χ0v) is 15.5. The molecule has 0 aliphatic carbocycles. The van der Waals surface area contributed by atoms with Gasteiger partial charge >= 0.3 is 7.82 Å². The summed E-state index contributed by atoms with van der Waals surface area (Å²) in [6, 6.07) is 9.52. The van der Waals surface area contributed by atoms with Crippen molar-refractivity contribution in [3.8, 4) is 5.75 Å². The fraction of sp³-hybridized carbons (Fsp3) is 0.647. The Morgan fingerprint density at radius 3 is 1.92 bits per heavy atom. The van der Waals surface area contributed by atoms with Gasteiger partial charge in [-0.05, 0) is 18.6 Å². The number of hydrogen-bond donors (Lipinski definition) is 4. The van der Waals surface area contributed by atoms with E-state index in [4.69, 9.17) is 24.0 Å². The number of ether oxygens (including phenoxy) is 1. The third-order valence-electron chi connectivity index (χ3n) is 3.33. The van der Waals surface area contributed by atoms with E-state index in [1.165, 1.54) is 38.5 Å². The van der Waals surface area contributed by atoms with Gasteiger partial charge in [-0.2, -0.15) is 0 Å². The van der Waals surface area contributed by atoms with E-state index in [0.29, 0.717) is 6.42 Å². The summed E-state index contributed by atoms with van der Waals surface area (Å²) in [4.78, 5) is 21.6. The number of benzene rings is 1. The van der Waals surface area contributed by atoms with Gasteiger partial charge in [-0.3, -0.25) is 0 Å². The van der Waals surface area contributed by atoms with E-state index in [1.807, 2.05) is 30.3 Å². The molecular weight excluding hydrogens is 331 g/mol. The van der Waals surface area contributed by atoms with Gasteiger partial charge in [-0.15, -0.1) is 0 Å². The van der Waals surface area contributed by atoms with Crippen LogP contribution >= 0.6 is 7.82 Å². The van der Waals surface area contributed by atoms with Gasteiger partial charge in [0.25, 0.3) is 0 Å². The zero-order valence-electron chi connectivity index (χ0n) is 14.6. The van der Waals surface area contributed by atoms with Gasteiger partial charge in [-0.25, -0.2) is 4.57 Å². The maximum Gasteiger partial charge on any atom is 0.466 e. The Hall–Kier alpha value is -0.910. The summed E-state index contributed by atoms with van der Waals surface area (Å²) in [5.74, 6) is -0.319. The lowest BCUT2D eigenvalue weighted by atomic mass is 10.1. The molecule has 1 aromatic carbocycles. The number of rotatable bonds is 10. The van der Waals surface area contributed by atoms with Gasteiger partial charge in [0.05, 0.1) is 0 Å². The third-order valence-corrected chi connectivity index (χ3v) is 3.33. The summed E-state index contributed by atoms with van der Waals surface area (Å²) in [6.45, 7) is 3.98. The second-order valence-electron chi connectivity index (χ2n) is 5.97. The van der Waals surface area contributed by atoms with Crippen molar-refractivity contribution < 1.29 is 29.1 Å². The molecule has 1 rings (SSSR count). The van der Waals surface area contributed by atoms with E-state index in [0.717, 1.165) is 12.2 Å². The molecule has 0 bridgehead atoms. The third kappa shape index (κ3) is 17.4. The number of aliphatic hydroxyl groups is 1. The number of para-hydroxylation sites is 1. The molecule has 0 radical (unpaired) electrons. The van der Waals surface area contributed by atoms with E-state index in [9.17, 15) is 5.11 Å². The SMILES string of the molecule is CCCCCCCCCC(C)(O)Oc1ccccc1.O=P(O)(O)O. The molecule has 1 unspecified atom stereocenters. The average molecular weight is 362 g/mol. The maximum atomic E-state index is 10.2. The van der Waals surface area contributed by atoms with Crippen LogP contribution in [-0.2, 0) is 4.57 Å². The molecule has 4 N–H and O–H groups in total. The largest absolute Gasteiger partial charge is 0.466 e. The highest BCUT2D eigenvalue weighted by Gasteiger charge is 2.21. The van der Waals surface area contributed by atoms with Crippen LogP contribution in [0, 0.1) is 0 Å². The van der Waals surface area contributed by atoms with E-state index in [-0.39, 0.29) is 0 Å². The van der Waals surface area contributed by atoms with Crippen molar-refractivity contribution in [1.82, 2.24) is 0 Å². The Kier molecular flexibility index (Phi) is 12.0. The molecule has 0 heterocycles. The van der Waals surface area contributed by atoms with Crippen LogP contribution in [0.25, 0.3) is 0 Å². The quantitative estimate of drug-likeness (QED) is 0.285. The summed E-state index contributed by atoms with van der Waals surface area (Å²) in [6.07, 6.45) is 9.44. The summed E-state index contributed by atoms with van der Waals surface area (Å²) < 4.78 is 14.5. The number of hydrogen-bond acceptors (Lipinski definition) is 3. The Bertz CT molecular complexity index is 449. The molecule has 1 atom stereocenters. The Morgan fingerprint density at radius 2 is 1.42 bits per heavy atom. The molecule has 0 spiro atoms. The predicted molar refractivity (Wildman–Crippen MR) is 94.6 cm³/mol. The highest BCUT2D eigenvalue weighted by atomic mass is 31.2. The molecule has 1 aromatic rings. The first-order valence-electron chi connectivity index (χ1n) is 8.39. The van der Waals surface area contributed by atoms with Gasteiger partial charge < -0.3 is 24.5 Å². The van der Waals surface area contributed by atoms with Crippen molar-refractivity contribution in [3.63, 3.8) is 0 Å². The Balaban J connectivity index is 0.000000922. The lowest BCUT2D eigenvalue weighted by Gasteiger charge is -2.24. The molecule has 6 nitrogen and oxygen atoms in total. The van der Waals surface area contributed by atoms with Crippen molar-refractivity contribution >= 4 is 7.82 Å². The monoisotopic (exact) mass is 362 g/mol. The van der Waals surface area contributed by atoms with Crippen molar-refractivity contribution in [1.29, 1.82) is 0 Å². The van der Waals surface area contributed by atoms with Gasteiger partial charge in [-0.1, -0.05) is 63.6 Å². The minimum Gasteiger partial charge on any atom is -0.463 e. The second-order valence-corrected chi connectivity index (χ2v) is 7.00. The maximum absolute atomic E-state index is 10.2. The van der Waals surface area contributed by atoms with Crippen LogP contribution in [0.5, 0.6) is 5.75 Å². The smallest absolute Gasteiger partial charge is 0.463 e. The van der Waals surface area contributed by atoms with Crippen molar-refractivity contribution in [2.75, 3.05) is 0 Å². The van der Waals surface area contributed by atoms with Gasteiger partial charge in [0.2, 0.25) is 5.79 Å². The standard InChI is InChI=1S/C17H28O2.H3O4P/c1-3-4-5-6-7-8-12-15-17(2,18)19-16-13-10-9-11-14-16;1-5(2,3)4/h9-11,13-14,18H,3-8,12,15H2,1-2H3;(H3,1,2,3,4). The van der Waals surface area contributed by atoms with Gasteiger partial charge in [0, 0.05) is 13.3 Å². The minimum absolute atomic E-state index is 0.690. The molecule has 140 valence electrons. The van der Waals surface area contributed by atoms with E-state index < -0.39 is 13.6 Å². The fourth-order valence-corrected chi connectivity index (χ4v) is 2.20. The molecule has 0 aliphatic heterocycles. The van der Waals surface area contributed by atoms with Crippen LogP contribution in [0.3, 0.4) is 0 Å². The molecule has 0 aromatic heterocycles. The zero-order chi connectivity index (χ0) is 18.5. The molecule has 0 saturated heterocycles. The van der Waals surface area contributed by atoms with Crippen molar-refractivity contribution in [2.24, 2.45) is 0 Å². The summed E-state index contributed by atoms with van der Waals surface area (Å²) in [5.41, 5.74) is 0. The number of unbranched alkanes of at least 4 members (excludes halogenated alkanes) is 6. The highest BCUT2D eigenvalue weighted by molar-refractivity contribution is 7.45. The second kappa shape index (κ2) is 12.5.